The fourth-order valence-corrected chi connectivity index (χ4v) is 2.93. The molecule has 0 bridgehead atoms. The molecule has 0 atom stereocenters. The van der Waals surface area contributed by atoms with Gasteiger partial charge in [0.25, 0.3) is 0 Å². The lowest BCUT2D eigenvalue weighted by Gasteiger charge is -2.08. The van der Waals surface area contributed by atoms with Gasteiger partial charge in [0.2, 0.25) is 11.1 Å². The SMILES string of the molecule is COc1cccc(NC(=O)CSc2nnnn2-c2ccccc2C)c1. The average molecular weight is 355 g/mol. The first kappa shape index (κ1) is 17.0. The number of ether oxygens (including phenoxy) is 1. The van der Waals surface area contributed by atoms with Crippen LogP contribution in [0.1, 0.15) is 5.56 Å². The summed E-state index contributed by atoms with van der Waals surface area (Å²) in [5.74, 6) is 0.746. The Kier molecular flexibility index (Phi) is 5.30. The first-order valence-corrected chi connectivity index (χ1v) is 8.57. The molecular formula is C17H17N5O2S. The number of amides is 1. The molecule has 0 radical (unpaired) electrons. The molecule has 1 heterocycles. The number of aryl methyl sites for hydroxylation is 1. The molecule has 3 rings (SSSR count). The second kappa shape index (κ2) is 7.80. The summed E-state index contributed by atoms with van der Waals surface area (Å²) in [7, 11) is 1.59. The Hall–Kier alpha value is -2.87. The number of benzene rings is 2. The summed E-state index contributed by atoms with van der Waals surface area (Å²) in [4.78, 5) is 12.2. The van der Waals surface area contributed by atoms with Crippen molar-refractivity contribution in [3.63, 3.8) is 0 Å². The maximum atomic E-state index is 12.2. The molecule has 7 nitrogen and oxygen atoms in total. The van der Waals surface area contributed by atoms with Crippen LogP contribution in [-0.2, 0) is 4.79 Å². The van der Waals surface area contributed by atoms with Crippen LogP contribution in [0, 0.1) is 6.92 Å². The van der Waals surface area contributed by atoms with Crippen LogP contribution in [0.5, 0.6) is 5.75 Å². The minimum Gasteiger partial charge on any atom is -0.497 e. The van der Waals surface area contributed by atoms with Gasteiger partial charge >= 0.3 is 0 Å². The normalized spacial score (nSPS) is 10.5. The second-order valence-corrected chi connectivity index (χ2v) is 6.17. The van der Waals surface area contributed by atoms with Crippen molar-refractivity contribution in [3.05, 3.63) is 54.1 Å². The highest BCUT2D eigenvalue weighted by Crippen LogP contribution is 2.21. The standard InChI is InChI=1S/C17H17N5O2S/c1-12-6-3-4-9-15(12)22-17(19-20-21-22)25-11-16(23)18-13-7-5-8-14(10-13)24-2/h3-10H,11H2,1-2H3,(H,18,23). The molecule has 0 fully saturated rings. The van der Waals surface area contributed by atoms with Gasteiger partial charge in [-0.15, -0.1) is 5.10 Å². The fourth-order valence-electron chi connectivity index (χ4n) is 2.25. The number of para-hydroxylation sites is 1. The molecular weight excluding hydrogens is 338 g/mol. The summed E-state index contributed by atoms with van der Waals surface area (Å²) >= 11 is 1.28. The van der Waals surface area contributed by atoms with Gasteiger partial charge in [0.05, 0.1) is 18.6 Å². The van der Waals surface area contributed by atoms with E-state index < -0.39 is 0 Å². The van der Waals surface area contributed by atoms with Crippen molar-refractivity contribution < 1.29 is 9.53 Å². The predicted octanol–water partition coefficient (Wildman–Crippen LogP) is 2.71. The molecule has 0 saturated heterocycles. The maximum Gasteiger partial charge on any atom is 0.234 e. The molecule has 0 saturated carbocycles. The highest BCUT2D eigenvalue weighted by molar-refractivity contribution is 7.99. The zero-order valence-corrected chi connectivity index (χ0v) is 14.7. The second-order valence-electron chi connectivity index (χ2n) is 5.23. The lowest BCUT2D eigenvalue weighted by atomic mass is 10.2. The highest BCUT2D eigenvalue weighted by Gasteiger charge is 2.13. The van der Waals surface area contributed by atoms with Crippen molar-refractivity contribution in [2.45, 2.75) is 12.1 Å². The number of hydrogen-bond acceptors (Lipinski definition) is 6. The van der Waals surface area contributed by atoms with Gasteiger partial charge in [-0.05, 0) is 41.1 Å². The van der Waals surface area contributed by atoms with Crippen LogP contribution in [0.25, 0.3) is 5.69 Å². The van der Waals surface area contributed by atoms with Crippen LogP contribution in [0.4, 0.5) is 5.69 Å². The van der Waals surface area contributed by atoms with Crippen molar-refractivity contribution in [3.8, 4) is 11.4 Å². The van der Waals surface area contributed by atoms with Crippen LogP contribution in [0.3, 0.4) is 0 Å². The minimum absolute atomic E-state index is 0.141. The molecule has 0 spiro atoms. The molecule has 8 heteroatoms. The number of methoxy groups -OCH3 is 1. The van der Waals surface area contributed by atoms with E-state index in [0.29, 0.717) is 16.6 Å². The molecule has 0 aliphatic rings. The van der Waals surface area contributed by atoms with Crippen LogP contribution in [0.15, 0.2) is 53.7 Å². The molecule has 1 N–H and O–H groups in total. The Bertz CT molecular complexity index is 881. The Labute approximate surface area is 149 Å². The van der Waals surface area contributed by atoms with Gasteiger partial charge < -0.3 is 10.1 Å². The summed E-state index contributed by atoms with van der Waals surface area (Å²) in [5.41, 5.74) is 2.63. The molecule has 25 heavy (non-hydrogen) atoms. The molecule has 2 aromatic carbocycles. The molecule has 0 aliphatic heterocycles. The summed E-state index contributed by atoms with van der Waals surface area (Å²) in [6, 6.07) is 15.0. The van der Waals surface area contributed by atoms with E-state index in [4.69, 9.17) is 4.74 Å². The van der Waals surface area contributed by atoms with Crippen molar-refractivity contribution in [1.29, 1.82) is 0 Å². The number of thioether (sulfide) groups is 1. The third-order valence-corrected chi connectivity index (χ3v) is 4.39. The van der Waals surface area contributed by atoms with Gasteiger partial charge in [-0.1, -0.05) is 36.0 Å². The van der Waals surface area contributed by atoms with Gasteiger partial charge in [-0.25, -0.2) is 0 Å². The van der Waals surface area contributed by atoms with Crippen molar-refractivity contribution in [2.75, 3.05) is 18.2 Å². The number of carbonyl (C=O) groups is 1. The van der Waals surface area contributed by atoms with E-state index in [9.17, 15) is 4.79 Å². The summed E-state index contributed by atoms with van der Waals surface area (Å²) in [6.45, 7) is 1.99. The monoisotopic (exact) mass is 355 g/mol. The lowest BCUT2D eigenvalue weighted by Crippen LogP contribution is -2.14. The maximum absolute atomic E-state index is 12.2. The topological polar surface area (TPSA) is 81.9 Å². The van der Waals surface area contributed by atoms with Crippen molar-refractivity contribution >= 4 is 23.4 Å². The molecule has 1 amide bonds. The average Bonchev–Trinajstić information content (AvgIpc) is 3.09. The lowest BCUT2D eigenvalue weighted by molar-refractivity contribution is -0.113. The van der Waals surface area contributed by atoms with E-state index in [1.165, 1.54) is 11.8 Å². The minimum atomic E-state index is -0.141. The zero-order chi connectivity index (χ0) is 17.6. The zero-order valence-electron chi connectivity index (χ0n) is 13.8. The molecule has 0 aliphatic carbocycles. The number of hydrogen-bond donors (Lipinski definition) is 1. The number of nitrogens with one attached hydrogen (secondary N) is 1. The smallest absolute Gasteiger partial charge is 0.234 e. The van der Waals surface area contributed by atoms with Gasteiger partial charge in [0.1, 0.15) is 5.75 Å². The third kappa shape index (κ3) is 4.16. The van der Waals surface area contributed by atoms with Crippen molar-refractivity contribution in [2.24, 2.45) is 0 Å². The number of tetrazole rings is 1. The van der Waals surface area contributed by atoms with E-state index in [0.717, 1.165) is 11.3 Å². The van der Waals surface area contributed by atoms with E-state index in [-0.39, 0.29) is 11.7 Å². The van der Waals surface area contributed by atoms with E-state index in [1.807, 2.05) is 49.4 Å². The quantitative estimate of drug-likeness (QED) is 0.685. The Balaban J connectivity index is 1.65. The first-order chi connectivity index (χ1) is 12.2. The molecule has 1 aromatic heterocycles. The summed E-state index contributed by atoms with van der Waals surface area (Å²) < 4.78 is 6.78. The first-order valence-electron chi connectivity index (χ1n) is 7.58. The molecule has 3 aromatic rings. The number of aromatic nitrogens is 4. The molecule has 0 unspecified atom stereocenters. The van der Waals surface area contributed by atoms with E-state index in [1.54, 1.807) is 17.9 Å². The van der Waals surface area contributed by atoms with Crippen LogP contribution >= 0.6 is 11.8 Å². The van der Waals surface area contributed by atoms with Crippen LogP contribution in [0.2, 0.25) is 0 Å². The number of rotatable bonds is 6. The summed E-state index contributed by atoms with van der Waals surface area (Å²) in [6.07, 6.45) is 0. The van der Waals surface area contributed by atoms with Crippen molar-refractivity contribution in [1.82, 2.24) is 20.2 Å². The van der Waals surface area contributed by atoms with Crippen LogP contribution in [-0.4, -0.2) is 39.0 Å². The Morgan fingerprint density at radius 3 is 2.88 bits per heavy atom. The third-order valence-electron chi connectivity index (χ3n) is 3.47. The molecule has 128 valence electrons. The predicted molar refractivity (Wildman–Crippen MR) is 96.2 cm³/mol. The number of nitrogens with zero attached hydrogens (tertiary/aromatic N) is 4. The number of carbonyl (C=O) groups excluding carboxylic acids is 1. The van der Waals surface area contributed by atoms with Crippen LogP contribution < -0.4 is 10.1 Å². The highest BCUT2D eigenvalue weighted by atomic mass is 32.2. The van der Waals surface area contributed by atoms with Gasteiger partial charge in [0.15, 0.2) is 0 Å². The van der Waals surface area contributed by atoms with E-state index in [2.05, 4.69) is 20.8 Å². The Morgan fingerprint density at radius 1 is 1.24 bits per heavy atom. The van der Waals surface area contributed by atoms with Gasteiger partial charge in [-0.2, -0.15) is 4.68 Å². The summed E-state index contributed by atoms with van der Waals surface area (Å²) in [5, 5.41) is 15.1. The van der Waals surface area contributed by atoms with Gasteiger partial charge in [0, 0.05) is 11.8 Å². The van der Waals surface area contributed by atoms with Gasteiger partial charge in [-0.3, -0.25) is 4.79 Å². The number of anilines is 1. The largest absolute Gasteiger partial charge is 0.497 e. The van der Waals surface area contributed by atoms with E-state index >= 15 is 0 Å². The Morgan fingerprint density at radius 2 is 2.08 bits per heavy atom. The fraction of sp³-hybridized carbons (Fsp3) is 0.176.